The van der Waals surface area contributed by atoms with Crippen LogP contribution in [-0.2, 0) is 4.74 Å². The van der Waals surface area contributed by atoms with E-state index in [-0.39, 0.29) is 17.0 Å². The molecule has 0 aromatic heterocycles. The molecule has 1 aromatic carbocycles. The Morgan fingerprint density at radius 3 is 2.68 bits per heavy atom. The summed E-state index contributed by atoms with van der Waals surface area (Å²) in [7, 11) is 0. The van der Waals surface area contributed by atoms with Gasteiger partial charge in [-0.2, -0.15) is 5.26 Å². The number of nitrogen functional groups attached to an aromatic ring is 1. The fourth-order valence-corrected chi connectivity index (χ4v) is 2.54. The van der Waals surface area contributed by atoms with Crippen molar-refractivity contribution >= 4 is 11.3 Å². The maximum Gasteiger partial charge on any atom is 0.150 e. The van der Waals surface area contributed by atoms with Gasteiger partial charge in [-0.3, -0.25) is 0 Å². The van der Waals surface area contributed by atoms with Gasteiger partial charge in [-0.25, -0.2) is 4.39 Å². The molecule has 0 unspecified atom stereocenters. The van der Waals surface area contributed by atoms with Gasteiger partial charge < -0.3 is 10.5 Å². The van der Waals surface area contributed by atoms with Crippen molar-refractivity contribution < 1.29 is 9.13 Å². The molecule has 4 heteroatoms. The van der Waals surface area contributed by atoms with E-state index in [1.807, 2.05) is 6.07 Å². The fraction of sp³-hybridized carbons (Fsp3) is 0.400. The Morgan fingerprint density at radius 1 is 1.53 bits per heavy atom. The van der Waals surface area contributed by atoms with E-state index in [1.165, 1.54) is 0 Å². The topological polar surface area (TPSA) is 59.0 Å². The molecule has 0 aliphatic carbocycles. The molecule has 1 aliphatic rings. The third-order valence-corrected chi connectivity index (χ3v) is 3.54. The second-order valence-electron chi connectivity index (χ2n) is 4.89. The SMILES string of the molecule is C=C(C)c1c(N)c(C2CCOCC2)cc(C#N)c1F. The Hall–Kier alpha value is -1.86. The van der Waals surface area contributed by atoms with Gasteiger partial charge >= 0.3 is 0 Å². The molecule has 2 rings (SSSR count). The van der Waals surface area contributed by atoms with Crippen molar-refractivity contribution in [3.05, 3.63) is 35.2 Å². The lowest BCUT2D eigenvalue weighted by Gasteiger charge is -2.25. The van der Waals surface area contributed by atoms with Crippen molar-refractivity contribution in [2.24, 2.45) is 0 Å². The van der Waals surface area contributed by atoms with Gasteiger partial charge in [0.2, 0.25) is 0 Å². The molecule has 1 fully saturated rings. The van der Waals surface area contributed by atoms with E-state index in [4.69, 9.17) is 15.7 Å². The van der Waals surface area contributed by atoms with Crippen LogP contribution in [0.3, 0.4) is 0 Å². The second kappa shape index (κ2) is 5.41. The summed E-state index contributed by atoms with van der Waals surface area (Å²) in [6, 6.07) is 3.47. The van der Waals surface area contributed by atoms with E-state index in [9.17, 15) is 4.39 Å². The van der Waals surface area contributed by atoms with Gasteiger partial charge in [-0.1, -0.05) is 6.58 Å². The van der Waals surface area contributed by atoms with E-state index < -0.39 is 5.82 Å². The lowest BCUT2D eigenvalue weighted by molar-refractivity contribution is 0.0854. The highest BCUT2D eigenvalue weighted by molar-refractivity contribution is 5.77. The molecule has 1 aromatic rings. The molecule has 0 radical (unpaired) electrons. The Kier molecular flexibility index (Phi) is 3.87. The van der Waals surface area contributed by atoms with Crippen LogP contribution in [-0.4, -0.2) is 13.2 Å². The Morgan fingerprint density at radius 2 is 2.16 bits per heavy atom. The standard InChI is InChI=1S/C15H17FN2O/c1-9(2)13-14(16)11(8-17)7-12(15(13)18)10-3-5-19-6-4-10/h7,10H,1,3-6,18H2,2H3. The highest BCUT2D eigenvalue weighted by Gasteiger charge is 2.23. The van der Waals surface area contributed by atoms with Crippen molar-refractivity contribution in [2.75, 3.05) is 18.9 Å². The quantitative estimate of drug-likeness (QED) is 0.831. The molecule has 19 heavy (non-hydrogen) atoms. The minimum atomic E-state index is -0.566. The van der Waals surface area contributed by atoms with Crippen LogP contribution in [0.15, 0.2) is 12.6 Å². The van der Waals surface area contributed by atoms with E-state index >= 15 is 0 Å². The van der Waals surface area contributed by atoms with Crippen LogP contribution >= 0.6 is 0 Å². The molecule has 100 valence electrons. The van der Waals surface area contributed by atoms with Crippen molar-refractivity contribution in [3.63, 3.8) is 0 Å². The molecule has 0 spiro atoms. The molecule has 1 heterocycles. The Labute approximate surface area is 112 Å². The maximum atomic E-state index is 14.1. The minimum Gasteiger partial charge on any atom is -0.398 e. The summed E-state index contributed by atoms with van der Waals surface area (Å²) in [5.74, 6) is -0.345. The maximum absolute atomic E-state index is 14.1. The summed E-state index contributed by atoms with van der Waals surface area (Å²) in [6.45, 7) is 6.80. The van der Waals surface area contributed by atoms with Crippen molar-refractivity contribution in [3.8, 4) is 6.07 Å². The first-order valence-electron chi connectivity index (χ1n) is 6.31. The van der Waals surface area contributed by atoms with Crippen molar-refractivity contribution in [2.45, 2.75) is 25.7 Å². The predicted octanol–water partition coefficient (Wildman–Crippen LogP) is 3.21. The first-order chi connectivity index (χ1) is 9.06. The number of nitriles is 1. The highest BCUT2D eigenvalue weighted by atomic mass is 19.1. The molecular formula is C15H17FN2O. The van der Waals surface area contributed by atoms with E-state index in [0.29, 0.717) is 24.5 Å². The zero-order chi connectivity index (χ0) is 14.0. The number of nitrogens with two attached hydrogens (primary N) is 1. The minimum absolute atomic E-state index is 0.0358. The van der Waals surface area contributed by atoms with Crippen LogP contribution in [0.1, 0.15) is 42.4 Å². The van der Waals surface area contributed by atoms with Gasteiger partial charge in [-0.05, 0) is 42.9 Å². The molecule has 0 bridgehead atoms. The van der Waals surface area contributed by atoms with Crippen LogP contribution in [0.5, 0.6) is 0 Å². The zero-order valence-corrected chi connectivity index (χ0v) is 11.0. The van der Waals surface area contributed by atoms with Crippen LogP contribution in [0.25, 0.3) is 5.57 Å². The van der Waals surface area contributed by atoms with Crippen LogP contribution < -0.4 is 5.73 Å². The number of ether oxygens (including phenoxy) is 1. The zero-order valence-electron chi connectivity index (χ0n) is 11.0. The van der Waals surface area contributed by atoms with Gasteiger partial charge in [0.25, 0.3) is 0 Å². The number of hydrogen-bond acceptors (Lipinski definition) is 3. The van der Waals surface area contributed by atoms with Crippen LogP contribution in [0.4, 0.5) is 10.1 Å². The second-order valence-corrected chi connectivity index (χ2v) is 4.89. The van der Waals surface area contributed by atoms with Gasteiger partial charge in [0.15, 0.2) is 0 Å². The van der Waals surface area contributed by atoms with Crippen molar-refractivity contribution in [1.29, 1.82) is 5.26 Å². The number of hydrogen-bond donors (Lipinski definition) is 1. The average Bonchev–Trinajstić information content (AvgIpc) is 2.39. The number of anilines is 1. The molecule has 2 N–H and O–H groups in total. The number of benzene rings is 1. The monoisotopic (exact) mass is 260 g/mol. The van der Waals surface area contributed by atoms with Crippen LogP contribution in [0.2, 0.25) is 0 Å². The summed E-state index contributed by atoms with van der Waals surface area (Å²) in [4.78, 5) is 0. The summed E-state index contributed by atoms with van der Waals surface area (Å²) in [5.41, 5.74) is 8.20. The van der Waals surface area contributed by atoms with Gasteiger partial charge in [0, 0.05) is 24.5 Å². The molecule has 3 nitrogen and oxygen atoms in total. The summed E-state index contributed by atoms with van der Waals surface area (Å²) >= 11 is 0. The number of rotatable bonds is 2. The molecule has 0 atom stereocenters. The summed E-state index contributed by atoms with van der Waals surface area (Å²) in [5, 5.41) is 9.05. The van der Waals surface area contributed by atoms with Crippen molar-refractivity contribution in [1.82, 2.24) is 0 Å². The fourth-order valence-electron chi connectivity index (χ4n) is 2.54. The summed E-state index contributed by atoms with van der Waals surface area (Å²) < 4.78 is 19.5. The first-order valence-corrected chi connectivity index (χ1v) is 6.31. The van der Waals surface area contributed by atoms with E-state index in [0.717, 1.165) is 18.4 Å². The van der Waals surface area contributed by atoms with Crippen LogP contribution in [0, 0.1) is 17.1 Å². The molecule has 0 saturated carbocycles. The largest absolute Gasteiger partial charge is 0.398 e. The smallest absolute Gasteiger partial charge is 0.150 e. The van der Waals surface area contributed by atoms with E-state index in [2.05, 4.69) is 6.58 Å². The molecule has 1 aliphatic heterocycles. The number of halogens is 1. The number of allylic oxidation sites excluding steroid dienone is 1. The molecule has 1 saturated heterocycles. The lowest BCUT2D eigenvalue weighted by Crippen LogP contribution is -2.16. The Balaban J connectivity index is 2.58. The average molecular weight is 260 g/mol. The van der Waals surface area contributed by atoms with Gasteiger partial charge in [-0.15, -0.1) is 0 Å². The number of nitrogens with zero attached hydrogens (tertiary/aromatic N) is 1. The normalized spacial score (nSPS) is 16.1. The third kappa shape index (κ3) is 2.47. The molecule has 0 amide bonds. The van der Waals surface area contributed by atoms with Gasteiger partial charge in [0.05, 0.1) is 5.56 Å². The third-order valence-electron chi connectivity index (χ3n) is 3.54. The Bertz CT molecular complexity index is 554. The highest BCUT2D eigenvalue weighted by Crippen LogP contribution is 2.37. The summed E-state index contributed by atoms with van der Waals surface area (Å²) in [6.07, 6.45) is 1.69. The lowest BCUT2D eigenvalue weighted by atomic mass is 9.86. The van der Waals surface area contributed by atoms with Gasteiger partial charge in [0.1, 0.15) is 11.9 Å². The van der Waals surface area contributed by atoms with E-state index in [1.54, 1.807) is 13.0 Å². The predicted molar refractivity (Wildman–Crippen MR) is 73.0 cm³/mol. The first kappa shape index (κ1) is 13.6. The molecular weight excluding hydrogens is 243 g/mol.